The lowest BCUT2D eigenvalue weighted by Gasteiger charge is -2.29. The number of carbonyl (C=O) groups is 3. The molecule has 1 heterocycles. The van der Waals surface area contributed by atoms with E-state index in [0.29, 0.717) is 28.9 Å². The highest BCUT2D eigenvalue weighted by molar-refractivity contribution is 7.60. The molecule has 3 aromatic rings. The number of fused-ring (bicyclic) bond motifs is 1. The highest BCUT2D eigenvalue weighted by Gasteiger charge is 2.40. The first-order chi connectivity index (χ1) is 21.1. The molecule has 0 saturated heterocycles. The van der Waals surface area contributed by atoms with Gasteiger partial charge in [0.2, 0.25) is 40.7 Å². The third-order valence-electron chi connectivity index (χ3n) is 6.07. The van der Waals surface area contributed by atoms with Crippen LogP contribution in [0, 0.1) is 29.1 Å². The molecule has 0 saturated carbocycles. The smallest absolute Gasteiger partial charge is 0.353 e. The highest BCUT2D eigenvalue weighted by atomic mass is 32.1. The summed E-state index contributed by atoms with van der Waals surface area (Å²) in [5, 5.41) is 5.00. The Kier molecular flexibility index (Phi) is 12.2. The zero-order chi connectivity index (χ0) is 33.6. The molecule has 0 bridgehead atoms. The van der Waals surface area contributed by atoms with E-state index in [1.54, 1.807) is 13.8 Å². The van der Waals surface area contributed by atoms with Crippen molar-refractivity contribution in [3.63, 3.8) is 0 Å². The third-order valence-corrected chi connectivity index (χ3v) is 9.65. The summed E-state index contributed by atoms with van der Waals surface area (Å²) in [5.74, 6) is -19.0. The first kappa shape index (κ1) is 36.0. The second-order valence-electron chi connectivity index (χ2n) is 9.73. The lowest BCUT2D eigenvalue weighted by Crippen LogP contribution is -2.42. The van der Waals surface area contributed by atoms with E-state index in [9.17, 15) is 40.9 Å². The van der Waals surface area contributed by atoms with Gasteiger partial charge in [-0.05, 0) is 55.8 Å². The van der Waals surface area contributed by atoms with E-state index >= 15 is 4.39 Å². The number of hydrogen-bond donors (Lipinski definition) is 2. The number of thiophene rings is 1. The van der Waals surface area contributed by atoms with Gasteiger partial charge in [0.25, 0.3) is 7.44 Å². The number of nitrogens with one attached hydrogen (secondary N) is 2. The molecule has 3 rings (SSSR count). The maximum atomic E-state index is 16.1. The van der Waals surface area contributed by atoms with Crippen molar-refractivity contribution in [2.45, 2.75) is 58.5 Å². The molecule has 1 unspecified atom stereocenters. The Hall–Kier alpha value is -3.46. The Morgan fingerprint density at radius 2 is 1.31 bits per heavy atom. The fraction of sp³-hybridized carbons (Fsp3) is 0.393. The van der Waals surface area contributed by atoms with E-state index in [1.165, 1.54) is 32.0 Å². The predicted octanol–water partition coefficient (Wildman–Crippen LogP) is 6.84. The minimum atomic E-state index is -4.52. The topological polar surface area (TPSA) is 120 Å². The number of benzene rings is 2. The second-order valence-corrected chi connectivity index (χ2v) is 13.1. The van der Waals surface area contributed by atoms with Crippen molar-refractivity contribution >= 4 is 46.8 Å². The van der Waals surface area contributed by atoms with Gasteiger partial charge in [0.15, 0.2) is 0 Å². The summed E-state index contributed by atoms with van der Waals surface area (Å²) in [6, 6.07) is 2.26. The van der Waals surface area contributed by atoms with Gasteiger partial charge in [0.05, 0.1) is 13.2 Å². The molecule has 0 aliphatic heterocycles. The largest absolute Gasteiger partial charge is 0.465 e. The molecule has 2 aromatic carbocycles. The zero-order valence-electron chi connectivity index (χ0n) is 24.4. The van der Waals surface area contributed by atoms with Gasteiger partial charge in [0.1, 0.15) is 17.0 Å². The number of hydrogen-bond acceptors (Lipinski definition) is 8. The lowest BCUT2D eigenvalue weighted by molar-refractivity contribution is -0.145. The summed E-state index contributed by atoms with van der Waals surface area (Å²) in [6.45, 7) is 6.22. The van der Waals surface area contributed by atoms with E-state index in [4.69, 9.17) is 9.47 Å². The zero-order valence-corrected chi connectivity index (χ0v) is 26.1. The van der Waals surface area contributed by atoms with Gasteiger partial charge >= 0.3 is 17.9 Å². The summed E-state index contributed by atoms with van der Waals surface area (Å²) in [5.41, 5.74) is -0.230. The molecular formula is C28H29F6N2O7PS. The third kappa shape index (κ3) is 8.23. The van der Waals surface area contributed by atoms with Crippen molar-refractivity contribution < 1.29 is 59.5 Å². The molecular weight excluding hydrogens is 653 g/mol. The summed E-state index contributed by atoms with van der Waals surface area (Å²) < 4.78 is 113. The standard InChI is InChI=1S/C28H29F6N2O7PS/c1-5-9-41-26(37)13(3)35-44(40,36-14(4)27(38)42-10-6-2)25(34)15-7-8-17-16(11-15)12-18(45-17)28(39)43-24-22(32)20(30)19(29)21(31)23(24)33/h7-8,11-14,25H,5-6,9-10H2,1-4H3,(H2,35,36,40)/t13-,14-,25?/m0/s1. The normalized spacial score (nSPS) is 13.7. The van der Waals surface area contributed by atoms with Crippen LogP contribution in [0.15, 0.2) is 24.3 Å². The average Bonchev–Trinajstić information content (AvgIpc) is 3.45. The first-order valence-electron chi connectivity index (χ1n) is 13.5. The maximum absolute atomic E-state index is 16.1. The van der Waals surface area contributed by atoms with Crippen LogP contribution < -0.4 is 14.9 Å². The summed E-state index contributed by atoms with van der Waals surface area (Å²) >= 11 is 0.694. The predicted molar refractivity (Wildman–Crippen MR) is 152 cm³/mol. The molecule has 0 radical (unpaired) electrons. The van der Waals surface area contributed by atoms with Crippen LogP contribution in [0.1, 0.15) is 61.7 Å². The summed E-state index contributed by atoms with van der Waals surface area (Å²) in [7, 11) is -4.52. The van der Waals surface area contributed by atoms with Crippen LogP contribution in [0.4, 0.5) is 26.3 Å². The minimum absolute atomic E-state index is 0.0608. The van der Waals surface area contributed by atoms with E-state index in [1.807, 2.05) is 0 Å². The number of rotatable bonds is 14. The second kappa shape index (κ2) is 15.2. The van der Waals surface area contributed by atoms with Gasteiger partial charge in [-0.15, -0.1) is 11.3 Å². The molecule has 0 fully saturated rings. The van der Waals surface area contributed by atoms with E-state index in [0.717, 1.165) is 6.07 Å². The monoisotopic (exact) mass is 682 g/mol. The molecule has 3 atom stereocenters. The fourth-order valence-corrected chi connectivity index (χ4v) is 7.04. The van der Waals surface area contributed by atoms with Crippen LogP contribution in [-0.4, -0.2) is 43.2 Å². The average molecular weight is 683 g/mol. The summed E-state index contributed by atoms with van der Waals surface area (Å²) in [4.78, 5) is 37.0. The van der Waals surface area contributed by atoms with Crippen molar-refractivity contribution in [1.82, 2.24) is 10.2 Å². The van der Waals surface area contributed by atoms with Crippen molar-refractivity contribution in [3.05, 3.63) is 63.8 Å². The molecule has 0 amide bonds. The quantitative estimate of drug-likeness (QED) is 0.0471. The van der Waals surface area contributed by atoms with E-state index in [-0.39, 0.29) is 29.0 Å². The number of esters is 3. The molecule has 0 spiro atoms. The molecule has 0 aliphatic carbocycles. The van der Waals surface area contributed by atoms with Crippen molar-refractivity contribution in [2.24, 2.45) is 0 Å². The van der Waals surface area contributed by atoms with E-state index < -0.39 is 78.2 Å². The number of alkyl halides is 1. The van der Waals surface area contributed by atoms with Crippen molar-refractivity contribution in [1.29, 1.82) is 0 Å². The Labute approximate surface area is 257 Å². The van der Waals surface area contributed by atoms with Crippen LogP contribution in [0.2, 0.25) is 0 Å². The van der Waals surface area contributed by atoms with Crippen molar-refractivity contribution in [2.75, 3.05) is 13.2 Å². The Bertz CT molecular complexity index is 1580. The van der Waals surface area contributed by atoms with Gasteiger partial charge in [-0.3, -0.25) is 14.2 Å². The van der Waals surface area contributed by atoms with Crippen LogP contribution in [0.25, 0.3) is 10.1 Å². The molecule has 9 nitrogen and oxygen atoms in total. The molecule has 1 aromatic heterocycles. The Morgan fingerprint density at radius 1 is 0.822 bits per heavy atom. The minimum Gasteiger partial charge on any atom is -0.465 e. The SMILES string of the molecule is CCCOC(=O)[C@H](C)NP(=O)(N[C@@H](C)C(=O)OCCC)C(F)c1ccc2sc(C(=O)Oc3c(F)c(F)c(F)c(F)c3F)cc2c1. The van der Waals surface area contributed by atoms with Crippen LogP contribution in [0.5, 0.6) is 5.75 Å². The number of halogens is 6. The van der Waals surface area contributed by atoms with Crippen molar-refractivity contribution in [3.8, 4) is 5.75 Å². The number of ether oxygens (including phenoxy) is 3. The summed E-state index contributed by atoms with van der Waals surface area (Å²) in [6.07, 6.45) is 0.996. The molecule has 246 valence electrons. The maximum Gasteiger partial charge on any atom is 0.353 e. The number of carbonyl (C=O) groups excluding carboxylic acids is 3. The van der Waals surface area contributed by atoms with Gasteiger partial charge in [-0.1, -0.05) is 19.9 Å². The molecule has 0 aliphatic rings. The van der Waals surface area contributed by atoms with Gasteiger partial charge < -0.3 is 14.2 Å². The Balaban J connectivity index is 1.93. The van der Waals surface area contributed by atoms with Gasteiger partial charge in [-0.25, -0.2) is 32.5 Å². The lowest BCUT2D eigenvalue weighted by atomic mass is 10.2. The van der Waals surface area contributed by atoms with E-state index in [2.05, 4.69) is 14.9 Å². The highest BCUT2D eigenvalue weighted by Crippen LogP contribution is 2.54. The Morgan fingerprint density at radius 3 is 1.80 bits per heavy atom. The van der Waals surface area contributed by atoms with Crippen LogP contribution >= 0.6 is 18.8 Å². The van der Waals surface area contributed by atoms with Crippen LogP contribution in [0.3, 0.4) is 0 Å². The van der Waals surface area contributed by atoms with Crippen LogP contribution in [-0.2, 0) is 23.6 Å². The fourth-order valence-electron chi connectivity index (χ4n) is 3.84. The first-order valence-corrected chi connectivity index (χ1v) is 16.1. The molecule has 2 N–H and O–H groups in total. The molecule has 17 heteroatoms. The van der Waals surface area contributed by atoms with Gasteiger partial charge in [-0.2, -0.15) is 8.78 Å². The molecule has 45 heavy (non-hydrogen) atoms. The van der Waals surface area contributed by atoms with Gasteiger partial charge in [0, 0.05) is 4.70 Å².